The highest BCUT2D eigenvalue weighted by molar-refractivity contribution is 5.92. The molecule has 0 saturated heterocycles. The van der Waals surface area contributed by atoms with Crippen molar-refractivity contribution >= 4 is 5.91 Å². The van der Waals surface area contributed by atoms with Crippen LogP contribution in [0.25, 0.3) is 11.1 Å². The third-order valence-corrected chi connectivity index (χ3v) is 4.50. The average Bonchev–Trinajstić information content (AvgIpc) is 3.21. The fourth-order valence-electron chi connectivity index (χ4n) is 3.24. The lowest BCUT2D eigenvalue weighted by Crippen LogP contribution is -2.28. The van der Waals surface area contributed by atoms with Crippen LogP contribution < -0.4 is 5.32 Å². The van der Waals surface area contributed by atoms with Crippen LogP contribution in [0.5, 0.6) is 0 Å². The number of carbonyl (C=O) groups excluding carboxylic acids is 1. The zero-order valence-electron chi connectivity index (χ0n) is 13.3. The first-order chi connectivity index (χ1) is 11.7. The van der Waals surface area contributed by atoms with Crippen molar-refractivity contribution in [3.63, 3.8) is 0 Å². The van der Waals surface area contributed by atoms with Crippen LogP contribution in [-0.4, -0.2) is 25.9 Å². The Balaban J connectivity index is 1.57. The molecule has 2 heterocycles. The van der Waals surface area contributed by atoms with Gasteiger partial charge in [-0.25, -0.2) is 0 Å². The van der Waals surface area contributed by atoms with Gasteiger partial charge in [-0.15, -0.1) is 0 Å². The van der Waals surface area contributed by atoms with Gasteiger partial charge >= 0.3 is 0 Å². The van der Waals surface area contributed by atoms with Crippen LogP contribution in [-0.2, 0) is 13.5 Å². The van der Waals surface area contributed by atoms with E-state index in [2.05, 4.69) is 38.8 Å². The van der Waals surface area contributed by atoms with E-state index in [0.717, 1.165) is 24.0 Å². The maximum Gasteiger partial charge on any atom is 0.270 e. The third kappa shape index (κ3) is 2.56. The molecule has 0 spiro atoms. The number of nitrogens with zero attached hydrogens (tertiary/aromatic N) is 4. The Morgan fingerprint density at radius 2 is 2.08 bits per heavy atom. The van der Waals surface area contributed by atoms with Crippen molar-refractivity contribution in [2.24, 2.45) is 7.05 Å². The van der Waals surface area contributed by atoms with Gasteiger partial charge in [0.2, 0.25) is 0 Å². The van der Waals surface area contributed by atoms with Gasteiger partial charge in [0.1, 0.15) is 5.69 Å². The van der Waals surface area contributed by atoms with E-state index in [-0.39, 0.29) is 11.9 Å². The summed E-state index contributed by atoms with van der Waals surface area (Å²) < 4.78 is 1.59. The molecule has 0 unspecified atom stereocenters. The molecule has 4 rings (SSSR count). The average molecular weight is 319 g/mol. The molecule has 0 fully saturated rings. The first-order valence-electron chi connectivity index (χ1n) is 7.91. The lowest BCUT2D eigenvalue weighted by Gasteiger charge is -2.14. The zero-order chi connectivity index (χ0) is 16.5. The maximum atomic E-state index is 12.4. The monoisotopic (exact) mass is 319 g/mol. The summed E-state index contributed by atoms with van der Waals surface area (Å²) >= 11 is 0. The number of nitrogens with one attached hydrogen (secondary N) is 1. The number of aryl methyl sites for hydroxylation is 2. The summed E-state index contributed by atoms with van der Waals surface area (Å²) in [6.07, 6.45) is 6.96. The molecule has 0 radical (unpaired) electrons. The Kier molecular flexibility index (Phi) is 3.57. The standard InChI is InChI=1S/C18H17N5O/c1-23-17(7-9-21-23)18(24)22-16-5-3-13-10-12(2-4-15(13)16)14-6-8-19-20-11-14/h2,4,6-11,16H,3,5H2,1H3,(H,22,24)/t16-/m1/s1. The highest BCUT2D eigenvalue weighted by Gasteiger charge is 2.25. The lowest BCUT2D eigenvalue weighted by atomic mass is 10.0. The summed E-state index contributed by atoms with van der Waals surface area (Å²) in [5.74, 6) is -0.0877. The van der Waals surface area contributed by atoms with Crippen LogP contribution in [0.2, 0.25) is 0 Å². The van der Waals surface area contributed by atoms with Crippen LogP contribution in [0.15, 0.2) is 48.9 Å². The molecular formula is C18H17N5O. The van der Waals surface area contributed by atoms with Gasteiger partial charge in [-0.2, -0.15) is 15.3 Å². The highest BCUT2D eigenvalue weighted by atomic mass is 16.2. The van der Waals surface area contributed by atoms with Gasteiger partial charge < -0.3 is 5.32 Å². The molecule has 1 aliphatic carbocycles. The minimum absolute atomic E-state index is 0.0482. The maximum absolute atomic E-state index is 12.4. The Bertz CT molecular complexity index is 887. The Hall–Kier alpha value is -3.02. The van der Waals surface area contributed by atoms with Crippen molar-refractivity contribution in [2.75, 3.05) is 0 Å². The van der Waals surface area contributed by atoms with Gasteiger partial charge in [-0.1, -0.05) is 18.2 Å². The second kappa shape index (κ2) is 5.88. The van der Waals surface area contributed by atoms with Crippen LogP contribution in [0.1, 0.15) is 34.1 Å². The lowest BCUT2D eigenvalue weighted by molar-refractivity contribution is 0.0927. The first kappa shape index (κ1) is 14.6. The van der Waals surface area contributed by atoms with E-state index in [0.29, 0.717) is 5.69 Å². The number of hydrogen-bond acceptors (Lipinski definition) is 4. The largest absolute Gasteiger partial charge is 0.344 e. The van der Waals surface area contributed by atoms with Crippen molar-refractivity contribution in [3.05, 3.63) is 65.7 Å². The third-order valence-electron chi connectivity index (χ3n) is 4.50. The van der Waals surface area contributed by atoms with E-state index in [1.165, 1.54) is 11.1 Å². The molecule has 3 aromatic rings. The first-order valence-corrected chi connectivity index (χ1v) is 7.91. The molecule has 1 aliphatic rings. The molecule has 1 amide bonds. The topological polar surface area (TPSA) is 72.7 Å². The van der Waals surface area contributed by atoms with Crippen molar-refractivity contribution in [3.8, 4) is 11.1 Å². The molecule has 1 aromatic carbocycles. The molecule has 1 atom stereocenters. The Labute approximate surface area is 139 Å². The van der Waals surface area contributed by atoms with E-state index in [1.807, 2.05) is 6.07 Å². The summed E-state index contributed by atoms with van der Waals surface area (Å²) in [6.45, 7) is 0. The summed E-state index contributed by atoms with van der Waals surface area (Å²) in [5.41, 5.74) is 5.22. The second-order valence-corrected chi connectivity index (χ2v) is 5.95. The fraction of sp³-hybridized carbons (Fsp3) is 0.222. The van der Waals surface area contributed by atoms with E-state index in [9.17, 15) is 4.79 Å². The van der Waals surface area contributed by atoms with Crippen LogP contribution in [0.4, 0.5) is 0 Å². The molecule has 6 heteroatoms. The Morgan fingerprint density at radius 3 is 2.83 bits per heavy atom. The smallest absolute Gasteiger partial charge is 0.270 e. The summed E-state index contributed by atoms with van der Waals surface area (Å²) in [6, 6.07) is 10.1. The molecule has 120 valence electrons. The summed E-state index contributed by atoms with van der Waals surface area (Å²) in [4.78, 5) is 12.4. The van der Waals surface area contributed by atoms with E-state index >= 15 is 0 Å². The quantitative estimate of drug-likeness (QED) is 0.804. The SMILES string of the molecule is Cn1nccc1C(=O)N[C@@H]1CCc2cc(-c3ccnnc3)ccc21. The van der Waals surface area contributed by atoms with Crippen molar-refractivity contribution in [2.45, 2.75) is 18.9 Å². The van der Waals surface area contributed by atoms with Gasteiger partial charge in [-0.3, -0.25) is 9.48 Å². The van der Waals surface area contributed by atoms with Crippen LogP contribution in [0, 0.1) is 0 Å². The van der Waals surface area contributed by atoms with Gasteiger partial charge in [0.25, 0.3) is 5.91 Å². The highest BCUT2D eigenvalue weighted by Crippen LogP contribution is 2.34. The predicted octanol–water partition coefficient (Wildman–Crippen LogP) is 2.29. The molecule has 6 nitrogen and oxygen atoms in total. The second-order valence-electron chi connectivity index (χ2n) is 5.95. The number of rotatable bonds is 3. The van der Waals surface area contributed by atoms with E-state index in [4.69, 9.17) is 0 Å². The molecule has 2 aromatic heterocycles. The Morgan fingerprint density at radius 1 is 1.17 bits per heavy atom. The minimum atomic E-state index is -0.0877. The number of benzene rings is 1. The van der Waals surface area contributed by atoms with E-state index in [1.54, 1.807) is 36.4 Å². The van der Waals surface area contributed by atoms with Crippen LogP contribution in [0.3, 0.4) is 0 Å². The number of amides is 1. The minimum Gasteiger partial charge on any atom is -0.344 e. The van der Waals surface area contributed by atoms with Crippen molar-refractivity contribution < 1.29 is 4.79 Å². The molecule has 0 aliphatic heterocycles. The molecule has 0 bridgehead atoms. The zero-order valence-corrected chi connectivity index (χ0v) is 13.3. The van der Waals surface area contributed by atoms with E-state index < -0.39 is 0 Å². The normalized spacial score (nSPS) is 16.0. The van der Waals surface area contributed by atoms with Crippen molar-refractivity contribution in [1.29, 1.82) is 0 Å². The number of hydrogen-bond donors (Lipinski definition) is 1. The number of carbonyl (C=O) groups is 1. The van der Waals surface area contributed by atoms with Crippen LogP contribution >= 0.6 is 0 Å². The van der Waals surface area contributed by atoms with Gasteiger partial charge in [0.05, 0.1) is 18.4 Å². The van der Waals surface area contributed by atoms with Gasteiger partial charge in [0, 0.05) is 18.8 Å². The van der Waals surface area contributed by atoms with Gasteiger partial charge in [0.15, 0.2) is 0 Å². The summed E-state index contributed by atoms with van der Waals surface area (Å²) in [5, 5.41) is 14.9. The fourth-order valence-corrected chi connectivity index (χ4v) is 3.24. The van der Waals surface area contributed by atoms with Gasteiger partial charge in [-0.05, 0) is 41.7 Å². The molecular weight excluding hydrogens is 302 g/mol. The predicted molar refractivity (Wildman–Crippen MR) is 89.2 cm³/mol. The molecule has 24 heavy (non-hydrogen) atoms. The molecule has 1 N–H and O–H groups in total. The molecule has 0 saturated carbocycles. The summed E-state index contributed by atoms with van der Waals surface area (Å²) in [7, 11) is 1.77. The number of fused-ring (bicyclic) bond motifs is 1. The number of aromatic nitrogens is 4. The van der Waals surface area contributed by atoms with Crippen molar-refractivity contribution in [1.82, 2.24) is 25.3 Å².